The van der Waals surface area contributed by atoms with Crippen LogP contribution in [0.3, 0.4) is 0 Å². The number of carbonyl (C=O) groups excluding carboxylic acids is 2. The summed E-state index contributed by atoms with van der Waals surface area (Å²) in [6.45, 7) is 3.55. The van der Waals surface area contributed by atoms with Gasteiger partial charge in [-0.1, -0.05) is 43.7 Å². The molecule has 0 radical (unpaired) electrons. The van der Waals surface area contributed by atoms with E-state index in [-0.39, 0.29) is 29.7 Å². The molecule has 130 valence electrons. The van der Waals surface area contributed by atoms with Gasteiger partial charge in [-0.05, 0) is 37.7 Å². The second-order valence-electron chi connectivity index (χ2n) is 7.16. The third-order valence-electron chi connectivity index (χ3n) is 5.13. The highest BCUT2D eigenvalue weighted by atomic mass is 16.2. The molecule has 1 saturated carbocycles. The van der Waals surface area contributed by atoms with Gasteiger partial charge >= 0.3 is 0 Å². The molecule has 1 saturated heterocycles. The number of carbonyl (C=O) groups is 2. The number of nitrogens with one attached hydrogen (secondary N) is 1. The van der Waals surface area contributed by atoms with Crippen molar-refractivity contribution in [3.8, 4) is 0 Å². The van der Waals surface area contributed by atoms with Gasteiger partial charge in [0, 0.05) is 19.0 Å². The van der Waals surface area contributed by atoms with Gasteiger partial charge in [-0.15, -0.1) is 0 Å². The summed E-state index contributed by atoms with van der Waals surface area (Å²) in [4.78, 5) is 26.9. The summed E-state index contributed by atoms with van der Waals surface area (Å²) in [6.07, 6.45) is 5.83. The molecule has 0 aromatic heterocycles. The third-order valence-corrected chi connectivity index (χ3v) is 5.13. The van der Waals surface area contributed by atoms with Gasteiger partial charge in [-0.3, -0.25) is 9.59 Å². The maximum atomic E-state index is 12.8. The zero-order chi connectivity index (χ0) is 16.9. The molecule has 2 amide bonds. The van der Waals surface area contributed by atoms with Crippen molar-refractivity contribution in [2.24, 2.45) is 11.8 Å². The fraction of sp³-hybridized carbons (Fsp3) is 0.600. The van der Waals surface area contributed by atoms with Crippen molar-refractivity contribution in [1.29, 1.82) is 0 Å². The molecule has 1 aliphatic carbocycles. The summed E-state index contributed by atoms with van der Waals surface area (Å²) in [5, 5.41) is 3.23. The van der Waals surface area contributed by atoms with Gasteiger partial charge in [0.2, 0.25) is 11.8 Å². The maximum absolute atomic E-state index is 12.8. The van der Waals surface area contributed by atoms with Gasteiger partial charge in [0.1, 0.15) is 0 Å². The quantitative estimate of drug-likeness (QED) is 0.871. The molecule has 3 rings (SSSR count). The normalized spacial score (nSPS) is 22.0. The Kier molecular flexibility index (Phi) is 5.54. The highest BCUT2D eigenvalue weighted by Gasteiger charge is 2.36. The van der Waals surface area contributed by atoms with Crippen molar-refractivity contribution in [2.45, 2.75) is 51.5 Å². The van der Waals surface area contributed by atoms with E-state index in [9.17, 15) is 9.59 Å². The van der Waals surface area contributed by atoms with E-state index in [2.05, 4.69) is 24.4 Å². The van der Waals surface area contributed by atoms with Gasteiger partial charge in [0.25, 0.3) is 0 Å². The number of hydrogen-bond donors (Lipinski definition) is 1. The van der Waals surface area contributed by atoms with Crippen LogP contribution < -0.4 is 5.32 Å². The van der Waals surface area contributed by atoms with Crippen molar-refractivity contribution in [3.63, 3.8) is 0 Å². The van der Waals surface area contributed by atoms with E-state index in [0.717, 1.165) is 50.6 Å². The van der Waals surface area contributed by atoms with E-state index in [0.29, 0.717) is 6.54 Å². The number of benzene rings is 1. The molecule has 2 aliphatic rings. The van der Waals surface area contributed by atoms with Gasteiger partial charge in [0.15, 0.2) is 0 Å². The number of likely N-dealkylation sites (tertiary alicyclic amines) is 1. The second-order valence-corrected chi connectivity index (χ2v) is 7.16. The average Bonchev–Trinajstić information content (AvgIpc) is 3.46. The molecule has 0 bridgehead atoms. The zero-order valence-electron chi connectivity index (χ0n) is 14.5. The number of rotatable bonds is 6. The van der Waals surface area contributed by atoms with Gasteiger partial charge in [0.05, 0.1) is 12.0 Å². The number of amides is 2. The summed E-state index contributed by atoms with van der Waals surface area (Å²) in [6, 6.07) is 10.2. The molecule has 1 aliphatic heterocycles. The largest absolute Gasteiger partial charge is 0.349 e. The Labute approximate surface area is 144 Å². The Morgan fingerprint density at radius 2 is 1.92 bits per heavy atom. The number of hydrogen-bond acceptors (Lipinski definition) is 2. The predicted molar refractivity (Wildman–Crippen MR) is 94.3 cm³/mol. The smallest absolute Gasteiger partial charge is 0.225 e. The lowest BCUT2D eigenvalue weighted by atomic mass is 9.95. The van der Waals surface area contributed by atoms with Crippen molar-refractivity contribution in [1.82, 2.24) is 10.2 Å². The molecule has 24 heavy (non-hydrogen) atoms. The second kappa shape index (κ2) is 7.82. The molecular formula is C20H28N2O2. The molecule has 0 spiro atoms. The lowest BCUT2D eigenvalue weighted by Crippen LogP contribution is -2.46. The van der Waals surface area contributed by atoms with Gasteiger partial charge in [-0.2, -0.15) is 0 Å². The van der Waals surface area contributed by atoms with E-state index in [1.54, 1.807) is 0 Å². The van der Waals surface area contributed by atoms with Crippen LogP contribution in [0.4, 0.5) is 0 Å². The number of nitrogens with zero attached hydrogens (tertiary/aromatic N) is 1. The standard InChI is InChI=1S/C20H28N2O2/c1-2-7-18(15-8-4-3-5-9-15)21-19(23)17-10-6-13-22(14-17)20(24)16-11-12-16/h3-5,8-9,16-18H,2,6-7,10-14H2,1H3,(H,21,23)/t17-,18+/m0/s1. The molecule has 1 aromatic rings. The lowest BCUT2D eigenvalue weighted by molar-refractivity contribution is -0.137. The summed E-state index contributed by atoms with van der Waals surface area (Å²) in [5.74, 6) is 0.541. The molecule has 0 unspecified atom stereocenters. The molecule has 1 N–H and O–H groups in total. The fourth-order valence-corrected chi connectivity index (χ4v) is 3.57. The summed E-state index contributed by atoms with van der Waals surface area (Å²) in [5.41, 5.74) is 1.16. The minimum Gasteiger partial charge on any atom is -0.349 e. The fourth-order valence-electron chi connectivity index (χ4n) is 3.57. The van der Waals surface area contributed by atoms with Gasteiger partial charge in [-0.25, -0.2) is 0 Å². The van der Waals surface area contributed by atoms with Crippen LogP contribution in [0.5, 0.6) is 0 Å². The summed E-state index contributed by atoms with van der Waals surface area (Å²) >= 11 is 0. The topological polar surface area (TPSA) is 49.4 Å². The highest BCUT2D eigenvalue weighted by molar-refractivity contribution is 5.83. The molecule has 4 heteroatoms. The Bertz CT molecular complexity index is 568. The Morgan fingerprint density at radius 3 is 2.58 bits per heavy atom. The first-order valence-corrected chi connectivity index (χ1v) is 9.33. The van der Waals surface area contributed by atoms with E-state index in [4.69, 9.17) is 0 Å². The molecule has 2 atom stereocenters. The Hall–Kier alpha value is -1.84. The summed E-state index contributed by atoms with van der Waals surface area (Å²) in [7, 11) is 0. The van der Waals surface area contributed by atoms with Crippen LogP contribution in [0.15, 0.2) is 30.3 Å². The number of piperidine rings is 1. The van der Waals surface area contributed by atoms with Crippen LogP contribution in [0.1, 0.15) is 57.1 Å². The minimum absolute atomic E-state index is 0.0653. The Morgan fingerprint density at radius 1 is 1.17 bits per heavy atom. The van der Waals surface area contributed by atoms with Crippen LogP contribution in [-0.4, -0.2) is 29.8 Å². The van der Waals surface area contributed by atoms with Crippen LogP contribution in [0.25, 0.3) is 0 Å². The highest BCUT2D eigenvalue weighted by Crippen LogP contribution is 2.32. The molecule has 2 fully saturated rings. The minimum atomic E-state index is -0.0653. The van der Waals surface area contributed by atoms with E-state index < -0.39 is 0 Å². The van der Waals surface area contributed by atoms with Crippen molar-refractivity contribution in [2.75, 3.05) is 13.1 Å². The van der Waals surface area contributed by atoms with Crippen molar-refractivity contribution in [3.05, 3.63) is 35.9 Å². The first kappa shape index (κ1) is 17.0. The monoisotopic (exact) mass is 328 g/mol. The van der Waals surface area contributed by atoms with Crippen LogP contribution in [0.2, 0.25) is 0 Å². The molecule has 4 nitrogen and oxygen atoms in total. The lowest BCUT2D eigenvalue weighted by Gasteiger charge is -2.33. The molecule has 1 heterocycles. The van der Waals surface area contributed by atoms with E-state index in [1.165, 1.54) is 0 Å². The molecular weight excluding hydrogens is 300 g/mol. The Balaban J connectivity index is 1.60. The predicted octanol–water partition coefficient (Wildman–Crippen LogP) is 3.29. The van der Waals surface area contributed by atoms with Crippen molar-refractivity contribution >= 4 is 11.8 Å². The zero-order valence-corrected chi connectivity index (χ0v) is 14.5. The van der Waals surface area contributed by atoms with E-state index in [1.807, 2.05) is 23.1 Å². The van der Waals surface area contributed by atoms with Crippen LogP contribution >= 0.6 is 0 Å². The van der Waals surface area contributed by atoms with Crippen LogP contribution in [0, 0.1) is 11.8 Å². The first-order chi connectivity index (χ1) is 11.7. The molecule has 1 aromatic carbocycles. The summed E-state index contributed by atoms with van der Waals surface area (Å²) < 4.78 is 0. The third kappa shape index (κ3) is 4.16. The van der Waals surface area contributed by atoms with Crippen molar-refractivity contribution < 1.29 is 9.59 Å². The SMILES string of the molecule is CCC[C@@H](NC(=O)[C@H]1CCCN(C(=O)C2CC2)C1)c1ccccc1. The first-order valence-electron chi connectivity index (χ1n) is 9.33. The van der Waals surface area contributed by atoms with Gasteiger partial charge < -0.3 is 10.2 Å². The van der Waals surface area contributed by atoms with Crippen LogP contribution in [-0.2, 0) is 9.59 Å². The van der Waals surface area contributed by atoms with E-state index >= 15 is 0 Å². The maximum Gasteiger partial charge on any atom is 0.225 e. The average molecular weight is 328 g/mol.